The number of aliphatic hydroxyl groups excluding tert-OH is 1. The zero-order chi connectivity index (χ0) is 52.7. The maximum Gasteiger partial charge on any atom is 0.306 e. The Morgan fingerprint density at radius 1 is 0.329 bits per heavy atom. The van der Waals surface area contributed by atoms with Crippen LogP contribution in [0.2, 0.25) is 0 Å². The van der Waals surface area contributed by atoms with Gasteiger partial charge in [0.2, 0.25) is 0 Å². The van der Waals surface area contributed by atoms with Gasteiger partial charge >= 0.3 is 11.9 Å². The molecule has 0 rings (SSSR count). The Morgan fingerprint density at radius 3 is 0.890 bits per heavy atom. The maximum absolute atomic E-state index is 12.3. The van der Waals surface area contributed by atoms with Crippen LogP contribution in [0.25, 0.3) is 0 Å². The molecule has 0 saturated carbocycles. The standard InChI is InChI=1S/C68H120O5/c1-3-5-7-9-11-13-15-17-19-21-23-25-27-28-29-30-31-32-33-34-35-36-37-38-39-40-41-43-45-47-49-51-53-55-57-59-61-63-68(71)73-66(64-69)65-72-67(70)62-60-58-56-54-52-50-48-46-44-42-26-24-22-20-18-16-14-12-10-8-6-4-2/h5,7,11,13,17,19,23,25,28-29,31-32,34-35,66,69H,3-4,6,8-10,12,14-16,18,20-22,24,26-27,30,33,36-65H2,1-2H3/b7-5-,13-11-,19-17-,25-23-,29-28-,32-31-,35-34-. The first-order valence-corrected chi connectivity index (χ1v) is 31.6. The first kappa shape index (κ1) is 70.1. The SMILES string of the molecule is CC/C=C\C/C=C\C/C=C\C/C=C\C/C=C\C/C=C\C/C=C\CCCCCCCCCCCCCCCCCC(=O)OC(CO)COC(=O)CCCCCCCCCCCCCCCCCCCCCCCC. The largest absolute Gasteiger partial charge is 0.462 e. The van der Waals surface area contributed by atoms with Crippen LogP contribution < -0.4 is 0 Å². The van der Waals surface area contributed by atoms with Gasteiger partial charge in [0.25, 0.3) is 0 Å². The minimum absolute atomic E-state index is 0.0634. The summed E-state index contributed by atoms with van der Waals surface area (Å²) in [6.07, 6.45) is 88.7. The molecule has 73 heavy (non-hydrogen) atoms. The van der Waals surface area contributed by atoms with Gasteiger partial charge < -0.3 is 14.6 Å². The highest BCUT2D eigenvalue weighted by Crippen LogP contribution is 2.17. The number of rotatable bonds is 58. The third-order valence-corrected chi connectivity index (χ3v) is 14.0. The van der Waals surface area contributed by atoms with Crippen LogP contribution >= 0.6 is 0 Å². The Balaban J connectivity index is 3.47. The summed E-state index contributed by atoms with van der Waals surface area (Å²) in [7, 11) is 0. The van der Waals surface area contributed by atoms with Crippen molar-refractivity contribution in [2.75, 3.05) is 13.2 Å². The summed E-state index contributed by atoms with van der Waals surface area (Å²) in [5, 5.41) is 9.68. The normalized spacial score (nSPS) is 12.8. The second-order valence-electron chi connectivity index (χ2n) is 21.1. The van der Waals surface area contributed by atoms with Gasteiger partial charge in [0.15, 0.2) is 6.10 Å². The van der Waals surface area contributed by atoms with Gasteiger partial charge in [0.05, 0.1) is 6.61 Å². The lowest BCUT2D eigenvalue weighted by atomic mass is 10.0. The predicted molar refractivity (Wildman–Crippen MR) is 320 cm³/mol. The molecule has 0 fully saturated rings. The third kappa shape index (κ3) is 61.5. The van der Waals surface area contributed by atoms with Crippen molar-refractivity contribution in [1.82, 2.24) is 0 Å². The lowest BCUT2D eigenvalue weighted by molar-refractivity contribution is -0.161. The van der Waals surface area contributed by atoms with Crippen molar-refractivity contribution < 1.29 is 24.2 Å². The highest BCUT2D eigenvalue weighted by atomic mass is 16.6. The quantitative estimate of drug-likeness (QED) is 0.0373. The molecule has 0 aromatic carbocycles. The summed E-state index contributed by atoms with van der Waals surface area (Å²) in [6.45, 7) is 4.07. The number of ether oxygens (including phenoxy) is 2. The van der Waals surface area contributed by atoms with Crippen molar-refractivity contribution in [3.8, 4) is 0 Å². The Kier molecular flexibility index (Phi) is 60.8. The van der Waals surface area contributed by atoms with Crippen LogP contribution in [-0.4, -0.2) is 36.4 Å². The van der Waals surface area contributed by atoms with E-state index in [2.05, 4.69) is 98.9 Å². The molecule has 0 aliphatic rings. The van der Waals surface area contributed by atoms with Gasteiger partial charge in [-0.1, -0.05) is 317 Å². The zero-order valence-corrected chi connectivity index (χ0v) is 48.4. The summed E-state index contributed by atoms with van der Waals surface area (Å²) < 4.78 is 10.7. The fraction of sp³-hybridized carbons (Fsp3) is 0.765. The van der Waals surface area contributed by atoms with E-state index in [4.69, 9.17) is 9.47 Å². The molecule has 1 N–H and O–H groups in total. The van der Waals surface area contributed by atoms with E-state index in [0.717, 1.165) is 83.5 Å². The number of esters is 2. The molecule has 0 amide bonds. The molecule has 0 radical (unpaired) electrons. The molecule has 0 aromatic rings. The molecule has 0 aliphatic carbocycles. The monoisotopic (exact) mass is 1020 g/mol. The topological polar surface area (TPSA) is 72.8 Å². The number of carbonyl (C=O) groups excluding carboxylic acids is 2. The fourth-order valence-electron chi connectivity index (χ4n) is 9.25. The molecular formula is C68H120O5. The van der Waals surface area contributed by atoms with E-state index in [-0.39, 0.29) is 25.2 Å². The van der Waals surface area contributed by atoms with E-state index in [1.54, 1.807) is 0 Å². The average molecular weight is 1020 g/mol. The summed E-state index contributed by atoms with van der Waals surface area (Å²) in [5.74, 6) is -0.577. The maximum atomic E-state index is 12.3. The van der Waals surface area contributed by atoms with E-state index >= 15 is 0 Å². The lowest BCUT2D eigenvalue weighted by Crippen LogP contribution is -2.28. The second kappa shape index (κ2) is 63.4. The summed E-state index contributed by atoms with van der Waals surface area (Å²) in [6, 6.07) is 0. The van der Waals surface area contributed by atoms with Gasteiger partial charge in [0.1, 0.15) is 6.61 Å². The van der Waals surface area contributed by atoms with Crippen molar-refractivity contribution in [2.45, 2.75) is 322 Å². The Bertz CT molecular complexity index is 1340. The third-order valence-electron chi connectivity index (χ3n) is 14.0. The van der Waals surface area contributed by atoms with Crippen LogP contribution in [0.1, 0.15) is 316 Å². The van der Waals surface area contributed by atoms with Gasteiger partial charge in [-0.05, 0) is 70.6 Å². The van der Waals surface area contributed by atoms with Crippen molar-refractivity contribution in [2.24, 2.45) is 0 Å². The molecule has 0 spiro atoms. The first-order valence-electron chi connectivity index (χ1n) is 31.6. The lowest BCUT2D eigenvalue weighted by Gasteiger charge is -2.15. The highest BCUT2D eigenvalue weighted by Gasteiger charge is 2.16. The second-order valence-corrected chi connectivity index (χ2v) is 21.1. The van der Waals surface area contributed by atoms with Crippen LogP contribution in [0, 0.1) is 0 Å². The first-order chi connectivity index (χ1) is 36.1. The fourth-order valence-corrected chi connectivity index (χ4v) is 9.25. The van der Waals surface area contributed by atoms with Crippen LogP contribution in [0.15, 0.2) is 85.1 Å². The van der Waals surface area contributed by atoms with Crippen LogP contribution in [-0.2, 0) is 19.1 Å². The smallest absolute Gasteiger partial charge is 0.306 e. The van der Waals surface area contributed by atoms with Crippen molar-refractivity contribution in [3.63, 3.8) is 0 Å². The molecule has 1 atom stereocenters. The molecule has 0 aliphatic heterocycles. The van der Waals surface area contributed by atoms with Crippen LogP contribution in [0.3, 0.4) is 0 Å². The van der Waals surface area contributed by atoms with Crippen molar-refractivity contribution in [1.29, 1.82) is 0 Å². The minimum Gasteiger partial charge on any atom is -0.462 e. The average Bonchev–Trinajstić information content (AvgIpc) is 3.39. The Hall–Kier alpha value is -2.92. The molecule has 0 aromatic heterocycles. The van der Waals surface area contributed by atoms with Gasteiger partial charge in [0, 0.05) is 12.8 Å². The number of unbranched alkanes of at least 4 members (excludes halogenated alkanes) is 36. The highest BCUT2D eigenvalue weighted by molar-refractivity contribution is 5.70. The molecule has 5 nitrogen and oxygen atoms in total. The predicted octanol–water partition coefficient (Wildman–Crippen LogP) is 21.7. The molecule has 0 saturated heterocycles. The van der Waals surface area contributed by atoms with Crippen molar-refractivity contribution >= 4 is 11.9 Å². The van der Waals surface area contributed by atoms with E-state index in [0.29, 0.717) is 12.8 Å². The number of carbonyl (C=O) groups is 2. The number of allylic oxidation sites excluding steroid dienone is 14. The minimum atomic E-state index is -0.773. The van der Waals surface area contributed by atoms with Crippen molar-refractivity contribution in [3.05, 3.63) is 85.1 Å². The summed E-state index contributed by atoms with van der Waals surface area (Å²) >= 11 is 0. The molecule has 0 heterocycles. The van der Waals surface area contributed by atoms with Gasteiger partial charge in [-0.3, -0.25) is 9.59 Å². The number of hydrogen-bond acceptors (Lipinski definition) is 5. The van der Waals surface area contributed by atoms with E-state index in [1.165, 1.54) is 205 Å². The summed E-state index contributed by atoms with van der Waals surface area (Å²) in [4.78, 5) is 24.6. The molecule has 0 bridgehead atoms. The van der Waals surface area contributed by atoms with Gasteiger partial charge in [-0.2, -0.15) is 0 Å². The number of aliphatic hydroxyl groups is 1. The molecule has 422 valence electrons. The van der Waals surface area contributed by atoms with Gasteiger partial charge in [-0.15, -0.1) is 0 Å². The zero-order valence-electron chi connectivity index (χ0n) is 48.4. The molecular weight excluding hydrogens is 897 g/mol. The Morgan fingerprint density at radius 2 is 0.589 bits per heavy atom. The Labute approximate surface area is 454 Å². The summed E-state index contributed by atoms with van der Waals surface area (Å²) in [5.41, 5.74) is 0. The van der Waals surface area contributed by atoms with Crippen LogP contribution in [0.4, 0.5) is 0 Å². The van der Waals surface area contributed by atoms with E-state index in [9.17, 15) is 14.7 Å². The van der Waals surface area contributed by atoms with Gasteiger partial charge in [-0.25, -0.2) is 0 Å². The molecule has 5 heteroatoms. The molecule has 1 unspecified atom stereocenters. The van der Waals surface area contributed by atoms with Crippen LogP contribution in [0.5, 0.6) is 0 Å². The van der Waals surface area contributed by atoms with E-state index < -0.39 is 6.10 Å². The van der Waals surface area contributed by atoms with E-state index in [1.807, 2.05) is 0 Å². The number of hydrogen-bond donors (Lipinski definition) is 1.